The number of rotatable bonds is 3. The van der Waals surface area contributed by atoms with E-state index in [1.807, 2.05) is 4.68 Å². The Balaban J connectivity index is 1.63. The van der Waals surface area contributed by atoms with Crippen molar-refractivity contribution < 1.29 is 15.0 Å². The number of aromatic nitrogens is 2. The minimum Gasteiger partial charge on any atom is -0.465 e. The molecule has 5 rings (SSSR count). The number of hydrogen-bond acceptors (Lipinski definition) is 4. The van der Waals surface area contributed by atoms with E-state index in [9.17, 15) is 15.0 Å². The van der Waals surface area contributed by atoms with E-state index in [2.05, 4.69) is 23.5 Å². The number of hydrogen-bond donors (Lipinski definition) is 3. The van der Waals surface area contributed by atoms with Crippen molar-refractivity contribution in [2.45, 2.75) is 44.2 Å². The van der Waals surface area contributed by atoms with Crippen molar-refractivity contribution in [1.29, 1.82) is 0 Å². The molecule has 0 bridgehead atoms. The van der Waals surface area contributed by atoms with Crippen LogP contribution in [-0.4, -0.2) is 50.6 Å². The average molecular weight is 368 g/mol. The van der Waals surface area contributed by atoms with Gasteiger partial charge >= 0.3 is 6.09 Å². The van der Waals surface area contributed by atoms with E-state index in [0.717, 1.165) is 41.2 Å². The third kappa shape index (κ3) is 2.73. The maximum Gasteiger partial charge on any atom is 0.407 e. The van der Waals surface area contributed by atoms with Gasteiger partial charge in [0.05, 0.1) is 29.7 Å². The molecular formula is C20H24N4O3. The van der Waals surface area contributed by atoms with Crippen LogP contribution in [0.4, 0.5) is 4.79 Å². The van der Waals surface area contributed by atoms with Crippen LogP contribution in [0.1, 0.15) is 52.9 Å². The molecule has 1 aromatic carbocycles. The van der Waals surface area contributed by atoms with Gasteiger partial charge in [0.25, 0.3) is 0 Å². The molecule has 0 saturated heterocycles. The average Bonchev–Trinajstić information content (AvgIpc) is 3.48. The van der Waals surface area contributed by atoms with Crippen LogP contribution in [-0.2, 0) is 19.4 Å². The van der Waals surface area contributed by atoms with Crippen LogP contribution in [0.5, 0.6) is 0 Å². The molecule has 3 aliphatic rings. The lowest BCUT2D eigenvalue weighted by atomic mass is 9.96. The Labute approximate surface area is 157 Å². The molecule has 2 aromatic rings. The van der Waals surface area contributed by atoms with Crippen molar-refractivity contribution in [3.8, 4) is 5.69 Å². The van der Waals surface area contributed by atoms with Crippen molar-refractivity contribution in [2.75, 3.05) is 19.6 Å². The number of nitrogens with one attached hydrogen (secondary N) is 1. The largest absolute Gasteiger partial charge is 0.465 e. The van der Waals surface area contributed by atoms with Gasteiger partial charge in [-0.2, -0.15) is 5.10 Å². The summed E-state index contributed by atoms with van der Waals surface area (Å²) in [5.41, 5.74) is 6.23. The van der Waals surface area contributed by atoms with E-state index in [1.165, 1.54) is 23.3 Å². The first kappa shape index (κ1) is 16.8. The Kier molecular flexibility index (Phi) is 3.94. The highest BCUT2D eigenvalue weighted by molar-refractivity contribution is 5.67. The molecule has 1 aromatic heterocycles. The molecule has 1 fully saturated rings. The number of benzene rings is 1. The zero-order valence-electron chi connectivity index (χ0n) is 15.2. The highest BCUT2D eigenvalue weighted by Crippen LogP contribution is 2.41. The van der Waals surface area contributed by atoms with Gasteiger partial charge in [0, 0.05) is 43.6 Å². The van der Waals surface area contributed by atoms with Crippen molar-refractivity contribution in [3.63, 3.8) is 0 Å². The fourth-order valence-electron chi connectivity index (χ4n) is 4.56. The number of nitrogens with zero attached hydrogens (tertiary/aromatic N) is 3. The first-order valence-corrected chi connectivity index (χ1v) is 9.72. The molecule has 1 aliphatic carbocycles. The lowest BCUT2D eigenvalue weighted by molar-refractivity contribution is 0.119. The van der Waals surface area contributed by atoms with Crippen LogP contribution in [0, 0.1) is 0 Å². The molecule has 7 heteroatoms. The van der Waals surface area contributed by atoms with Crippen molar-refractivity contribution >= 4 is 6.09 Å². The smallest absolute Gasteiger partial charge is 0.407 e. The second kappa shape index (κ2) is 6.35. The molecule has 3 heterocycles. The van der Waals surface area contributed by atoms with Crippen molar-refractivity contribution in [2.24, 2.45) is 0 Å². The number of aliphatic hydroxyl groups is 1. The fourth-order valence-corrected chi connectivity index (χ4v) is 4.56. The summed E-state index contributed by atoms with van der Waals surface area (Å²) in [7, 11) is 0. The first-order chi connectivity index (χ1) is 13.2. The molecule has 142 valence electrons. The second-order valence-corrected chi connectivity index (χ2v) is 7.74. The molecule has 7 nitrogen and oxygen atoms in total. The van der Waals surface area contributed by atoms with Gasteiger partial charge in [-0.1, -0.05) is 12.1 Å². The normalized spacial score (nSPS) is 21.7. The van der Waals surface area contributed by atoms with E-state index in [-0.39, 0.29) is 12.6 Å². The van der Waals surface area contributed by atoms with Gasteiger partial charge in [-0.25, -0.2) is 9.48 Å². The van der Waals surface area contributed by atoms with Crippen LogP contribution in [0.15, 0.2) is 18.2 Å². The number of aliphatic hydroxyl groups excluding tert-OH is 1. The van der Waals surface area contributed by atoms with Gasteiger partial charge in [-0.15, -0.1) is 0 Å². The number of amides is 1. The Hall–Kier alpha value is -2.38. The molecule has 1 atom stereocenters. The summed E-state index contributed by atoms with van der Waals surface area (Å²) in [6.07, 6.45) is 3.00. The monoisotopic (exact) mass is 368 g/mol. The fraction of sp³-hybridized carbons (Fsp3) is 0.500. The summed E-state index contributed by atoms with van der Waals surface area (Å²) in [5, 5.41) is 27.8. The predicted molar refractivity (Wildman–Crippen MR) is 99.2 cm³/mol. The summed E-state index contributed by atoms with van der Waals surface area (Å²) in [4.78, 5) is 13.2. The highest BCUT2D eigenvalue weighted by Gasteiger charge is 2.37. The van der Waals surface area contributed by atoms with Crippen molar-refractivity contribution in [3.05, 3.63) is 46.3 Å². The topological polar surface area (TPSA) is 90.6 Å². The molecule has 27 heavy (non-hydrogen) atoms. The third-order valence-corrected chi connectivity index (χ3v) is 6.07. The number of carboxylic acid groups (broad SMARTS) is 1. The quantitative estimate of drug-likeness (QED) is 0.771. The zero-order chi connectivity index (χ0) is 18.5. The molecule has 1 saturated carbocycles. The molecule has 0 radical (unpaired) electrons. The van der Waals surface area contributed by atoms with E-state index < -0.39 is 6.09 Å². The van der Waals surface area contributed by atoms with Gasteiger partial charge in [0.1, 0.15) is 0 Å². The van der Waals surface area contributed by atoms with Crippen LogP contribution < -0.4 is 5.32 Å². The standard InChI is InChI=1S/C20H24N4O3/c25-11-14-9-13(12-1-2-12)3-4-16(14)24-17-6-8-23(20(26)27)18-10-21-7-5-15(22-24)19(17)18/h3-4,9,12,18,21,25H,1-2,5-8,10-11H2,(H,26,27). The van der Waals surface area contributed by atoms with Gasteiger partial charge in [-0.3, -0.25) is 4.90 Å². The Morgan fingerprint density at radius 1 is 1.30 bits per heavy atom. The van der Waals surface area contributed by atoms with Crippen LogP contribution in [0.2, 0.25) is 0 Å². The summed E-state index contributed by atoms with van der Waals surface area (Å²) in [6.45, 7) is 1.85. The maximum absolute atomic E-state index is 11.7. The molecular weight excluding hydrogens is 344 g/mol. The summed E-state index contributed by atoms with van der Waals surface area (Å²) in [5.74, 6) is 0.636. The van der Waals surface area contributed by atoms with Gasteiger partial charge in [0.2, 0.25) is 0 Å². The van der Waals surface area contributed by atoms with Gasteiger partial charge in [0.15, 0.2) is 0 Å². The second-order valence-electron chi connectivity index (χ2n) is 7.74. The van der Waals surface area contributed by atoms with E-state index >= 15 is 0 Å². The highest BCUT2D eigenvalue weighted by atomic mass is 16.4. The van der Waals surface area contributed by atoms with Crippen LogP contribution >= 0.6 is 0 Å². The SMILES string of the molecule is O=C(O)N1CCc2c3c(nn2-c2ccc(C4CC4)cc2CO)CCNCC31. The minimum atomic E-state index is -0.877. The molecule has 1 amide bonds. The Morgan fingerprint density at radius 3 is 2.89 bits per heavy atom. The van der Waals surface area contributed by atoms with Gasteiger partial charge < -0.3 is 15.5 Å². The molecule has 3 N–H and O–H groups in total. The zero-order valence-corrected chi connectivity index (χ0v) is 15.2. The van der Waals surface area contributed by atoms with E-state index in [0.29, 0.717) is 25.4 Å². The van der Waals surface area contributed by atoms with Crippen molar-refractivity contribution in [1.82, 2.24) is 20.0 Å². The first-order valence-electron chi connectivity index (χ1n) is 9.72. The summed E-state index contributed by atoms with van der Waals surface area (Å²) < 4.78 is 1.96. The van der Waals surface area contributed by atoms with Gasteiger partial charge in [-0.05, 0) is 30.4 Å². The van der Waals surface area contributed by atoms with E-state index in [4.69, 9.17) is 5.10 Å². The number of carbonyl (C=O) groups is 1. The molecule has 1 unspecified atom stereocenters. The van der Waals surface area contributed by atoms with Crippen LogP contribution in [0.3, 0.4) is 0 Å². The lowest BCUT2D eigenvalue weighted by Gasteiger charge is -2.33. The minimum absolute atomic E-state index is 0.0217. The predicted octanol–water partition coefficient (Wildman–Crippen LogP) is 1.96. The maximum atomic E-state index is 11.7. The Bertz CT molecular complexity index is 903. The lowest BCUT2D eigenvalue weighted by Crippen LogP contribution is -2.43. The Morgan fingerprint density at radius 2 is 2.15 bits per heavy atom. The third-order valence-electron chi connectivity index (χ3n) is 6.07. The molecule has 0 spiro atoms. The summed E-state index contributed by atoms with van der Waals surface area (Å²) in [6, 6.07) is 6.13. The summed E-state index contributed by atoms with van der Waals surface area (Å²) >= 11 is 0. The van der Waals surface area contributed by atoms with E-state index in [1.54, 1.807) is 0 Å². The van der Waals surface area contributed by atoms with Crippen LogP contribution in [0.25, 0.3) is 5.69 Å². The molecule has 2 aliphatic heterocycles.